The first-order valence-corrected chi connectivity index (χ1v) is 9.49. The standard InChI is InChI=1S/C18H19ClN4O2S/c1-3-8-20-16(24)10-21-17(25)15-9-12-11(2)22-23(18(12)26-15)14-7-5-4-6-13(14)19/h4-7,9H,3,8,10H2,1-2H3,(H,20,24)(H,21,25). The second-order valence-electron chi connectivity index (χ2n) is 5.81. The third-order valence-corrected chi connectivity index (χ3v) is 5.26. The molecule has 6 nitrogen and oxygen atoms in total. The highest BCUT2D eigenvalue weighted by Gasteiger charge is 2.18. The molecule has 3 aromatic rings. The molecular weight excluding hydrogens is 372 g/mol. The summed E-state index contributed by atoms with van der Waals surface area (Å²) in [6, 6.07) is 9.23. The van der Waals surface area contributed by atoms with E-state index in [1.165, 1.54) is 11.3 Å². The maximum absolute atomic E-state index is 12.4. The van der Waals surface area contributed by atoms with Gasteiger partial charge in [0.05, 0.1) is 27.8 Å². The summed E-state index contributed by atoms with van der Waals surface area (Å²) in [5.74, 6) is -0.470. The topological polar surface area (TPSA) is 76.0 Å². The van der Waals surface area contributed by atoms with E-state index in [-0.39, 0.29) is 18.4 Å². The monoisotopic (exact) mass is 390 g/mol. The van der Waals surface area contributed by atoms with Crippen LogP contribution in [0.15, 0.2) is 30.3 Å². The Morgan fingerprint density at radius 1 is 1.27 bits per heavy atom. The molecule has 0 fully saturated rings. The van der Waals surface area contributed by atoms with E-state index < -0.39 is 0 Å². The molecule has 0 aliphatic heterocycles. The molecule has 136 valence electrons. The van der Waals surface area contributed by atoms with Crippen molar-refractivity contribution in [3.63, 3.8) is 0 Å². The van der Waals surface area contributed by atoms with Crippen LogP contribution in [0.3, 0.4) is 0 Å². The summed E-state index contributed by atoms with van der Waals surface area (Å²) in [5.41, 5.74) is 1.58. The van der Waals surface area contributed by atoms with E-state index >= 15 is 0 Å². The molecular formula is C18H19ClN4O2S. The van der Waals surface area contributed by atoms with Crippen LogP contribution in [0.4, 0.5) is 0 Å². The van der Waals surface area contributed by atoms with Gasteiger partial charge in [0.2, 0.25) is 5.91 Å². The highest BCUT2D eigenvalue weighted by molar-refractivity contribution is 7.20. The van der Waals surface area contributed by atoms with Crippen molar-refractivity contribution in [1.29, 1.82) is 0 Å². The van der Waals surface area contributed by atoms with Crippen LogP contribution in [0.1, 0.15) is 28.7 Å². The number of rotatable bonds is 6. The van der Waals surface area contributed by atoms with Gasteiger partial charge in [-0.3, -0.25) is 9.59 Å². The third kappa shape index (κ3) is 3.73. The van der Waals surface area contributed by atoms with Gasteiger partial charge in [0.15, 0.2) is 0 Å². The van der Waals surface area contributed by atoms with Gasteiger partial charge in [0, 0.05) is 11.9 Å². The SMILES string of the molecule is CCCNC(=O)CNC(=O)c1cc2c(C)nn(-c3ccccc3Cl)c2s1. The molecule has 1 aromatic carbocycles. The number of nitrogens with one attached hydrogen (secondary N) is 2. The normalized spacial score (nSPS) is 10.9. The highest BCUT2D eigenvalue weighted by Crippen LogP contribution is 2.32. The van der Waals surface area contributed by atoms with Gasteiger partial charge >= 0.3 is 0 Å². The fourth-order valence-corrected chi connectivity index (χ4v) is 3.83. The molecule has 2 aromatic heterocycles. The second-order valence-corrected chi connectivity index (χ2v) is 7.25. The number of benzene rings is 1. The Balaban J connectivity index is 1.84. The first-order chi connectivity index (χ1) is 12.5. The van der Waals surface area contributed by atoms with Gasteiger partial charge in [-0.15, -0.1) is 11.3 Å². The van der Waals surface area contributed by atoms with Gasteiger partial charge in [-0.2, -0.15) is 5.10 Å². The zero-order chi connectivity index (χ0) is 18.7. The third-order valence-electron chi connectivity index (χ3n) is 3.83. The van der Waals surface area contributed by atoms with Crippen molar-refractivity contribution in [3.05, 3.63) is 45.9 Å². The molecule has 0 saturated heterocycles. The molecule has 0 aliphatic carbocycles. The van der Waals surface area contributed by atoms with E-state index in [2.05, 4.69) is 15.7 Å². The molecule has 26 heavy (non-hydrogen) atoms. The largest absolute Gasteiger partial charge is 0.355 e. The van der Waals surface area contributed by atoms with Gasteiger partial charge in [0.25, 0.3) is 5.91 Å². The first kappa shape index (κ1) is 18.4. The minimum absolute atomic E-state index is 0.0390. The van der Waals surface area contributed by atoms with Gasteiger partial charge < -0.3 is 10.6 Å². The molecule has 0 unspecified atom stereocenters. The van der Waals surface area contributed by atoms with Crippen molar-refractivity contribution < 1.29 is 9.59 Å². The number of fused-ring (bicyclic) bond motifs is 1. The van der Waals surface area contributed by atoms with Gasteiger partial charge in [-0.05, 0) is 31.5 Å². The van der Waals surface area contributed by atoms with Gasteiger partial charge in [-0.1, -0.05) is 30.7 Å². The molecule has 2 amide bonds. The Labute approximate surface area is 160 Å². The van der Waals surface area contributed by atoms with Crippen LogP contribution in [-0.2, 0) is 4.79 Å². The van der Waals surface area contributed by atoms with Crippen molar-refractivity contribution in [2.24, 2.45) is 0 Å². The van der Waals surface area contributed by atoms with Crippen molar-refractivity contribution in [1.82, 2.24) is 20.4 Å². The number of thiophene rings is 1. The number of hydrogen-bond acceptors (Lipinski definition) is 4. The molecule has 0 spiro atoms. The Hall–Kier alpha value is -2.38. The first-order valence-electron chi connectivity index (χ1n) is 8.30. The van der Waals surface area contributed by atoms with Crippen LogP contribution in [0.5, 0.6) is 0 Å². The minimum Gasteiger partial charge on any atom is -0.355 e. The Morgan fingerprint density at radius 3 is 2.77 bits per heavy atom. The summed E-state index contributed by atoms with van der Waals surface area (Å²) in [5, 5.41) is 11.4. The number of hydrogen-bond donors (Lipinski definition) is 2. The molecule has 0 saturated carbocycles. The van der Waals surface area contributed by atoms with E-state index in [0.29, 0.717) is 16.4 Å². The lowest BCUT2D eigenvalue weighted by molar-refractivity contribution is -0.120. The number of aryl methyl sites for hydroxylation is 1. The number of para-hydroxylation sites is 1. The number of halogens is 1. The van der Waals surface area contributed by atoms with Crippen molar-refractivity contribution in [2.75, 3.05) is 13.1 Å². The van der Waals surface area contributed by atoms with Crippen LogP contribution in [0.25, 0.3) is 15.9 Å². The number of nitrogens with zero attached hydrogens (tertiary/aromatic N) is 2. The summed E-state index contributed by atoms with van der Waals surface area (Å²) < 4.78 is 1.75. The van der Waals surface area contributed by atoms with E-state index in [0.717, 1.165) is 28.0 Å². The van der Waals surface area contributed by atoms with Crippen LogP contribution in [0, 0.1) is 6.92 Å². The Kier molecular flexibility index (Phi) is 5.58. The summed E-state index contributed by atoms with van der Waals surface area (Å²) in [7, 11) is 0. The molecule has 2 heterocycles. The maximum atomic E-state index is 12.4. The lowest BCUT2D eigenvalue weighted by Crippen LogP contribution is -2.36. The Bertz CT molecular complexity index is 963. The molecule has 0 atom stereocenters. The summed E-state index contributed by atoms with van der Waals surface area (Å²) in [6.45, 7) is 4.43. The summed E-state index contributed by atoms with van der Waals surface area (Å²) >= 11 is 7.61. The maximum Gasteiger partial charge on any atom is 0.261 e. The van der Waals surface area contributed by atoms with Crippen molar-refractivity contribution in [3.8, 4) is 5.69 Å². The molecule has 3 rings (SSSR count). The predicted octanol–water partition coefficient (Wildman–Crippen LogP) is 3.30. The van der Waals surface area contributed by atoms with Crippen LogP contribution < -0.4 is 10.6 Å². The van der Waals surface area contributed by atoms with Crippen LogP contribution in [-0.4, -0.2) is 34.7 Å². The lowest BCUT2D eigenvalue weighted by atomic mass is 10.3. The second kappa shape index (κ2) is 7.88. The van der Waals surface area contributed by atoms with E-state index in [4.69, 9.17) is 11.6 Å². The molecule has 2 N–H and O–H groups in total. The molecule has 0 aliphatic rings. The van der Waals surface area contributed by atoms with Crippen LogP contribution >= 0.6 is 22.9 Å². The van der Waals surface area contributed by atoms with Crippen molar-refractivity contribution in [2.45, 2.75) is 20.3 Å². The quantitative estimate of drug-likeness (QED) is 0.678. The number of carbonyl (C=O) groups is 2. The number of carbonyl (C=O) groups excluding carboxylic acids is 2. The summed E-state index contributed by atoms with van der Waals surface area (Å²) in [4.78, 5) is 25.4. The average Bonchev–Trinajstić information content (AvgIpc) is 3.19. The summed E-state index contributed by atoms with van der Waals surface area (Å²) in [6.07, 6.45) is 0.855. The lowest BCUT2D eigenvalue weighted by Gasteiger charge is -2.05. The molecule has 0 radical (unpaired) electrons. The number of aromatic nitrogens is 2. The molecule has 8 heteroatoms. The zero-order valence-electron chi connectivity index (χ0n) is 14.5. The van der Waals surface area contributed by atoms with E-state index in [1.54, 1.807) is 16.8 Å². The smallest absolute Gasteiger partial charge is 0.261 e. The average molecular weight is 391 g/mol. The van der Waals surface area contributed by atoms with Gasteiger partial charge in [-0.25, -0.2) is 4.68 Å². The van der Waals surface area contributed by atoms with Crippen molar-refractivity contribution >= 4 is 45.0 Å². The number of amides is 2. The van der Waals surface area contributed by atoms with E-state index in [9.17, 15) is 9.59 Å². The zero-order valence-corrected chi connectivity index (χ0v) is 16.1. The fourth-order valence-electron chi connectivity index (χ4n) is 2.52. The van der Waals surface area contributed by atoms with E-state index in [1.807, 2.05) is 32.0 Å². The minimum atomic E-state index is -0.275. The molecule has 0 bridgehead atoms. The predicted molar refractivity (Wildman–Crippen MR) is 104 cm³/mol. The highest BCUT2D eigenvalue weighted by atomic mass is 35.5. The van der Waals surface area contributed by atoms with Crippen LogP contribution in [0.2, 0.25) is 5.02 Å². The van der Waals surface area contributed by atoms with Gasteiger partial charge in [0.1, 0.15) is 4.83 Å². The fraction of sp³-hybridized carbons (Fsp3) is 0.278. The Morgan fingerprint density at radius 2 is 2.04 bits per heavy atom.